The lowest BCUT2D eigenvalue weighted by Crippen LogP contribution is -2.24. The van der Waals surface area contributed by atoms with Gasteiger partial charge in [-0.25, -0.2) is 4.68 Å². The van der Waals surface area contributed by atoms with Crippen LogP contribution in [-0.4, -0.2) is 29.2 Å². The molecule has 1 aliphatic carbocycles. The summed E-state index contributed by atoms with van der Waals surface area (Å²) < 4.78 is 7.07. The van der Waals surface area contributed by atoms with E-state index >= 15 is 0 Å². The molecule has 1 fully saturated rings. The first-order valence-corrected chi connectivity index (χ1v) is 8.50. The van der Waals surface area contributed by atoms with Crippen molar-refractivity contribution in [3.63, 3.8) is 0 Å². The van der Waals surface area contributed by atoms with Gasteiger partial charge in [-0.15, -0.1) is 5.10 Å². The van der Waals surface area contributed by atoms with Gasteiger partial charge < -0.3 is 4.74 Å². The van der Waals surface area contributed by atoms with Crippen molar-refractivity contribution in [3.05, 3.63) is 52.1 Å². The van der Waals surface area contributed by atoms with Gasteiger partial charge in [0.2, 0.25) is 5.88 Å². The van der Waals surface area contributed by atoms with Crippen molar-refractivity contribution in [2.75, 3.05) is 6.61 Å². The van der Waals surface area contributed by atoms with Gasteiger partial charge in [0, 0.05) is 42.4 Å². The first-order chi connectivity index (χ1) is 11.7. The van der Waals surface area contributed by atoms with E-state index in [1.54, 1.807) is 13.1 Å². The van der Waals surface area contributed by atoms with Crippen LogP contribution in [0.3, 0.4) is 0 Å². The maximum atomic E-state index is 11.9. The summed E-state index contributed by atoms with van der Waals surface area (Å²) >= 11 is 0. The predicted molar refractivity (Wildman–Crippen MR) is 95.7 cm³/mol. The number of hydrogen-bond acceptors (Lipinski definition) is 4. The lowest BCUT2D eigenvalue weighted by atomic mass is 9.98. The topological polar surface area (TPSA) is 57.0 Å². The lowest BCUT2D eigenvalue weighted by molar-refractivity contribution is 0.277. The molecule has 0 aromatic carbocycles. The van der Waals surface area contributed by atoms with Crippen LogP contribution >= 0.6 is 0 Å². The van der Waals surface area contributed by atoms with Crippen LogP contribution in [0.15, 0.2) is 35.3 Å². The third-order valence-electron chi connectivity index (χ3n) is 3.96. The molecule has 24 heavy (non-hydrogen) atoms. The van der Waals surface area contributed by atoms with Crippen LogP contribution in [0.25, 0.3) is 0 Å². The molecule has 2 aromatic rings. The average molecular weight is 325 g/mol. The van der Waals surface area contributed by atoms with Gasteiger partial charge in [0.05, 0.1) is 14.5 Å². The summed E-state index contributed by atoms with van der Waals surface area (Å²) in [7, 11) is 7.16. The van der Waals surface area contributed by atoms with E-state index in [0.29, 0.717) is 42.6 Å². The number of rotatable bonds is 6. The van der Waals surface area contributed by atoms with Gasteiger partial charge in [-0.05, 0) is 25.0 Å². The first-order valence-electron chi connectivity index (χ1n) is 8.50. The SMILES string of the molecule is CC.[B]CCc1cc(OC[C@H]2C[C@@H]2c2ccccn2)nn(C)c1=O. The largest absolute Gasteiger partial charge is 0.476 e. The van der Waals surface area contributed by atoms with Crippen LogP contribution in [0, 0.1) is 5.92 Å². The molecule has 3 rings (SSSR count). The number of aryl methyl sites for hydroxylation is 2. The monoisotopic (exact) mass is 325 g/mol. The lowest BCUT2D eigenvalue weighted by Gasteiger charge is -2.08. The summed E-state index contributed by atoms with van der Waals surface area (Å²) in [5.74, 6) is 1.42. The summed E-state index contributed by atoms with van der Waals surface area (Å²) in [5, 5.41) is 4.14. The molecule has 0 bridgehead atoms. The minimum atomic E-state index is -0.115. The fraction of sp³-hybridized carbons (Fsp3) is 0.500. The summed E-state index contributed by atoms with van der Waals surface area (Å²) in [5.41, 5.74) is 1.65. The second-order valence-electron chi connectivity index (χ2n) is 5.64. The molecule has 6 heteroatoms. The Bertz CT molecular complexity index is 703. The van der Waals surface area contributed by atoms with Crippen LogP contribution in [0.1, 0.15) is 37.4 Å². The zero-order chi connectivity index (χ0) is 17.5. The summed E-state index contributed by atoms with van der Waals surface area (Å²) in [6.45, 7) is 4.59. The van der Waals surface area contributed by atoms with E-state index in [0.717, 1.165) is 12.1 Å². The second-order valence-corrected chi connectivity index (χ2v) is 5.64. The van der Waals surface area contributed by atoms with Crippen molar-refractivity contribution in [2.24, 2.45) is 13.0 Å². The van der Waals surface area contributed by atoms with Crippen molar-refractivity contribution in [1.29, 1.82) is 0 Å². The second kappa shape index (κ2) is 8.66. The highest BCUT2D eigenvalue weighted by Crippen LogP contribution is 2.46. The van der Waals surface area contributed by atoms with E-state index in [-0.39, 0.29) is 5.56 Å². The third-order valence-corrected chi connectivity index (χ3v) is 3.96. The Morgan fingerprint density at radius 2 is 2.17 bits per heavy atom. The Hall–Kier alpha value is -2.11. The Morgan fingerprint density at radius 1 is 1.38 bits per heavy atom. The van der Waals surface area contributed by atoms with Gasteiger partial charge in [0.1, 0.15) is 0 Å². The number of hydrogen-bond donors (Lipinski definition) is 0. The minimum Gasteiger partial charge on any atom is -0.476 e. The van der Waals surface area contributed by atoms with E-state index in [9.17, 15) is 4.79 Å². The standard InChI is InChI=1S/C16H18BN3O2.C2H6/c1-20-16(21)11(5-6-17)9-15(19-20)22-10-12-8-13(12)14-4-2-3-7-18-14;1-2/h2-4,7,9,12-13H,5-6,8,10H2,1H3;1-2H3/t12-,13+;/m1./s1. The van der Waals surface area contributed by atoms with E-state index in [4.69, 9.17) is 12.6 Å². The summed E-state index contributed by atoms with van der Waals surface area (Å²) in [6.07, 6.45) is 3.87. The van der Waals surface area contributed by atoms with Crippen molar-refractivity contribution in [3.8, 4) is 5.88 Å². The van der Waals surface area contributed by atoms with E-state index in [2.05, 4.69) is 16.1 Å². The quantitative estimate of drug-likeness (QED) is 0.766. The predicted octanol–water partition coefficient (Wildman–Crippen LogP) is 2.51. The molecule has 1 aliphatic rings. The van der Waals surface area contributed by atoms with Crippen LogP contribution in [0.2, 0.25) is 6.32 Å². The van der Waals surface area contributed by atoms with E-state index in [1.165, 1.54) is 4.68 Å². The zero-order valence-electron chi connectivity index (χ0n) is 14.6. The van der Waals surface area contributed by atoms with Gasteiger partial charge in [-0.2, -0.15) is 0 Å². The molecule has 2 heterocycles. The highest BCUT2D eigenvalue weighted by Gasteiger charge is 2.39. The molecule has 2 radical (unpaired) electrons. The van der Waals surface area contributed by atoms with Crippen LogP contribution in [0.4, 0.5) is 0 Å². The molecule has 0 saturated heterocycles. The molecule has 126 valence electrons. The normalized spacial score (nSPS) is 18.5. The molecule has 0 unspecified atom stereocenters. The zero-order valence-corrected chi connectivity index (χ0v) is 14.6. The molecular weight excluding hydrogens is 301 g/mol. The third kappa shape index (κ3) is 4.46. The van der Waals surface area contributed by atoms with Crippen molar-refractivity contribution < 1.29 is 4.74 Å². The smallest absolute Gasteiger partial charge is 0.269 e. The summed E-state index contributed by atoms with van der Waals surface area (Å²) in [6, 6.07) is 7.68. The molecule has 0 amide bonds. The summed E-state index contributed by atoms with van der Waals surface area (Å²) in [4.78, 5) is 16.3. The van der Waals surface area contributed by atoms with Crippen molar-refractivity contribution in [1.82, 2.24) is 14.8 Å². The molecule has 0 spiro atoms. The van der Waals surface area contributed by atoms with Crippen molar-refractivity contribution >= 4 is 7.85 Å². The van der Waals surface area contributed by atoms with Gasteiger partial charge in [-0.1, -0.05) is 26.2 Å². The molecule has 5 nitrogen and oxygen atoms in total. The molecule has 0 aliphatic heterocycles. The molecule has 2 atom stereocenters. The highest BCUT2D eigenvalue weighted by molar-refractivity contribution is 6.08. The molecule has 1 saturated carbocycles. The minimum absolute atomic E-state index is 0.115. The average Bonchev–Trinajstić information content (AvgIpc) is 3.40. The number of nitrogens with zero attached hydrogens (tertiary/aromatic N) is 3. The number of aromatic nitrogens is 3. The van der Waals surface area contributed by atoms with Gasteiger partial charge >= 0.3 is 0 Å². The Morgan fingerprint density at radius 3 is 2.83 bits per heavy atom. The Labute approximate surface area is 144 Å². The molecular formula is C18H24BN3O2. The molecule has 2 aromatic heterocycles. The van der Waals surface area contributed by atoms with E-state index in [1.807, 2.05) is 32.2 Å². The fourth-order valence-electron chi connectivity index (χ4n) is 2.63. The maximum Gasteiger partial charge on any atom is 0.269 e. The van der Waals surface area contributed by atoms with Crippen LogP contribution in [0.5, 0.6) is 5.88 Å². The highest BCUT2D eigenvalue weighted by atomic mass is 16.5. The Kier molecular flexibility index (Phi) is 6.58. The number of pyridine rings is 1. The van der Waals surface area contributed by atoms with Crippen LogP contribution < -0.4 is 10.3 Å². The Balaban J connectivity index is 0.00000100. The van der Waals surface area contributed by atoms with Gasteiger partial charge in [-0.3, -0.25) is 9.78 Å². The maximum absolute atomic E-state index is 11.9. The fourth-order valence-corrected chi connectivity index (χ4v) is 2.63. The molecule has 0 N–H and O–H groups in total. The first kappa shape index (κ1) is 18.2. The van der Waals surface area contributed by atoms with Crippen LogP contribution in [-0.2, 0) is 13.5 Å². The van der Waals surface area contributed by atoms with Gasteiger partial charge in [0.25, 0.3) is 5.56 Å². The van der Waals surface area contributed by atoms with Crippen molar-refractivity contribution in [2.45, 2.75) is 38.9 Å². The van der Waals surface area contributed by atoms with Gasteiger partial charge in [0.15, 0.2) is 0 Å². The number of ether oxygens (including phenoxy) is 1. The van der Waals surface area contributed by atoms with E-state index < -0.39 is 0 Å².